The van der Waals surface area contributed by atoms with Gasteiger partial charge in [0.25, 0.3) is 0 Å². The average Bonchev–Trinajstić information content (AvgIpc) is 3.14. The van der Waals surface area contributed by atoms with E-state index in [4.69, 9.17) is 16.3 Å². The number of methoxy groups -OCH3 is 1. The largest absolute Gasteiger partial charge is 0.494 e. The standard InChI is InChI=1S/C20H24ClN7O2/c1-4-13-12-27(20(29)25-17-6-5-16(30-3)18(21)24-17)9-10-28(13)15-7-8-22-19-14(15)11-23-26(19)2/h5-8,11,13H,4,9-10,12H2,1-3H3,(H,24,25,29)/t13-/m0/s1. The predicted molar refractivity (Wildman–Crippen MR) is 116 cm³/mol. The molecule has 3 aromatic rings. The molecule has 1 saturated heterocycles. The van der Waals surface area contributed by atoms with Gasteiger partial charge in [0.2, 0.25) is 0 Å². The molecule has 0 spiro atoms. The first-order valence-electron chi connectivity index (χ1n) is 9.81. The van der Waals surface area contributed by atoms with Gasteiger partial charge < -0.3 is 14.5 Å². The van der Waals surface area contributed by atoms with Crippen LogP contribution < -0.4 is 15.0 Å². The number of halogens is 1. The lowest BCUT2D eigenvalue weighted by Gasteiger charge is -2.42. The Morgan fingerprint density at radius 1 is 1.33 bits per heavy atom. The molecule has 1 aliphatic heterocycles. The van der Waals surface area contributed by atoms with E-state index in [0.717, 1.165) is 29.7 Å². The van der Waals surface area contributed by atoms with E-state index in [0.29, 0.717) is 24.7 Å². The van der Waals surface area contributed by atoms with Crippen molar-refractivity contribution in [3.05, 3.63) is 35.7 Å². The number of pyridine rings is 2. The van der Waals surface area contributed by atoms with Crippen LogP contribution in [-0.2, 0) is 7.05 Å². The third kappa shape index (κ3) is 3.72. The van der Waals surface area contributed by atoms with Crippen molar-refractivity contribution in [2.24, 2.45) is 7.05 Å². The Morgan fingerprint density at radius 2 is 2.17 bits per heavy atom. The van der Waals surface area contributed by atoms with Gasteiger partial charge in [-0.2, -0.15) is 5.10 Å². The van der Waals surface area contributed by atoms with Crippen LogP contribution in [0.4, 0.5) is 16.3 Å². The molecule has 1 fully saturated rings. The molecule has 30 heavy (non-hydrogen) atoms. The summed E-state index contributed by atoms with van der Waals surface area (Å²) in [4.78, 5) is 25.6. The molecule has 1 aliphatic rings. The molecule has 2 amide bonds. The van der Waals surface area contributed by atoms with Crippen molar-refractivity contribution >= 4 is 40.2 Å². The molecule has 0 saturated carbocycles. The maximum atomic E-state index is 12.8. The topological polar surface area (TPSA) is 88.4 Å². The maximum absolute atomic E-state index is 12.8. The molecular formula is C20H24ClN7O2. The summed E-state index contributed by atoms with van der Waals surface area (Å²) in [5, 5.41) is 8.40. The number of hydrogen-bond acceptors (Lipinski definition) is 6. The smallest absolute Gasteiger partial charge is 0.323 e. The molecule has 158 valence electrons. The van der Waals surface area contributed by atoms with E-state index in [1.807, 2.05) is 30.4 Å². The summed E-state index contributed by atoms with van der Waals surface area (Å²) in [5.41, 5.74) is 1.95. The molecule has 4 rings (SSSR count). The van der Waals surface area contributed by atoms with Crippen LogP contribution >= 0.6 is 11.6 Å². The molecule has 0 radical (unpaired) electrons. The molecule has 1 N–H and O–H groups in total. The van der Waals surface area contributed by atoms with Gasteiger partial charge in [0.1, 0.15) is 5.82 Å². The Kier molecular flexibility index (Phi) is 5.63. The number of carbonyl (C=O) groups excluding carboxylic acids is 1. The lowest BCUT2D eigenvalue weighted by Crippen LogP contribution is -2.55. The van der Waals surface area contributed by atoms with Crippen molar-refractivity contribution in [3.8, 4) is 5.75 Å². The van der Waals surface area contributed by atoms with Crippen molar-refractivity contribution in [1.82, 2.24) is 24.6 Å². The van der Waals surface area contributed by atoms with E-state index >= 15 is 0 Å². The van der Waals surface area contributed by atoms with Crippen LogP contribution in [0.15, 0.2) is 30.6 Å². The van der Waals surface area contributed by atoms with Crippen molar-refractivity contribution < 1.29 is 9.53 Å². The second-order valence-electron chi connectivity index (χ2n) is 7.16. The lowest BCUT2D eigenvalue weighted by molar-refractivity contribution is 0.197. The first-order valence-corrected chi connectivity index (χ1v) is 10.2. The number of aryl methyl sites for hydroxylation is 1. The Labute approximate surface area is 179 Å². The van der Waals surface area contributed by atoms with Crippen molar-refractivity contribution in [2.45, 2.75) is 19.4 Å². The van der Waals surface area contributed by atoms with Gasteiger partial charge in [0.05, 0.1) is 24.4 Å². The van der Waals surface area contributed by atoms with Gasteiger partial charge in [-0.1, -0.05) is 18.5 Å². The molecule has 10 heteroatoms. The zero-order valence-corrected chi connectivity index (χ0v) is 17.9. The van der Waals surface area contributed by atoms with Gasteiger partial charge in [-0.25, -0.2) is 14.8 Å². The van der Waals surface area contributed by atoms with Crippen LogP contribution in [0.1, 0.15) is 13.3 Å². The lowest BCUT2D eigenvalue weighted by atomic mass is 10.1. The summed E-state index contributed by atoms with van der Waals surface area (Å²) in [7, 11) is 3.41. The zero-order valence-electron chi connectivity index (χ0n) is 17.2. The quantitative estimate of drug-likeness (QED) is 0.641. The molecule has 3 aromatic heterocycles. The maximum Gasteiger partial charge on any atom is 0.323 e. The van der Waals surface area contributed by atoms with Crippen molar-refractivity contribution in [3.63, 3.8) is 0 Å². The van der Waals surface area contributed by atoms with Crippen LogP contribution in [0.2, 0.25) is 5.15 Å². The van der Waals surface area contributed by atoms with Gasteiger partial charge >= 0.3 is 6.03 Å². The number of hydrogen-bond donors (Lipinski definition) is 1. The molecular weight excluding hydrogens is 406 g/mol. The number of rotatable bonds is 4. The third-order valence-electron chi connectivity index (χ3n) is 5.43. The number of piperazine rings is 1. The number of carbonyl (C=O) groups is 1. The summed E-state index contributed by atoms with van der Waals surface area (Å²) in [6, 6.07) is 5.36. The summed E-state index contributed by atoms with van der Waals surface area (Å²) in [6.45, 7) is 4.05. The monoisotopic (exact) mass is 429 g/mol. The van der Waals surface area contributed by atoms with E-state index in [1.165, 1.54) is 7.11 Å². The number of urea groups is 1. The first-order chi connectivity index (χ1) is 14.5. The molecule has 4 heterocycles. The summed E-state index contributed by atoms with van der Waals surface area (Å²) < 4.78 is 6.88. The number of anilines is 2. The average molecular weight is 430 g/mol. The highest BCUT2D eigenvalue weighted by Crippen LogP contribution is 2.29. The van der Waals surface area contributed by atoms with Gasteiger partial charge in [0, 0.05) is 38.9 Å². The van der Waals surface area contributed by atoms with Gasteiger partial charge in [-0.15, -0.1) is 0 Å². The molecule has 0 aliphatic carbocycles. The second-order valence-corrected chi connectivity index (χ2v) is 7.51. The normalized spacial score (nSPS) is 16.7. The van der Waals surface area contributed by atoms with E-state index in [1.54, 1.807) is 16.8 Å². The molecule has 0 aromatic carbocycles. The van der Waals surface area contributed by atoms with E-state index < -0.39 is 0 Å². The van der Waals surface area contributed by atoms with Crippen LogP contribution in [0.3, 0.4) is 0 Å². The zero-order chi connectivity index (χ0) is 21.3. The highest BCUT2D eigenvalue weighted by atomic mass is 35.5. The molecule has 9 nitrogen and oxygen atoms in total. The number of aromatic nitrogens is 4. The highest BCUT2D eigenvalue weighted by molar-refractivity contribution is 6.31. The van der Waals surface area contributed by atoms with Crippen LogP contribution in [-0.4, -0.2) is 63.5 Å². The highest BCUT2D eigenvalue weighted by Gasteiger charge is 2.30. The van der Waals surface area contributed by atoms with E-state index in [-0.39, 0.29) is 17.2 Å². The Hall–Kier alpha value is -3.07. The SMILES string of the molecule is CC[C@H]1CN(C(=O)Nc2ccc(OC)c(Cl)n2)CCN1c1ccnc2c1cnn2C. The Morgan fingerprint density at radius 3 is 2.90 bits per heavy atom. The summed E-state index contributed by atoms with van der Waals surface area (Å²) >= 11 is 6.06. The van der Waals surface area contributed by atoms with Gasteiger partial charge in [-0.3, -0.25) is 10.00 Å². The fraction of sp³-hybridized carbons (Fsp3) is 0.400. The minimum atomic E-state index is -0.192. The number of nitrogens with one attached hydrogen (secondary N) is 1. The Bertz CT molecular complexity index is 1070. The minimum Gasteiger partial charge on any atom is -0.494 e. The van der Waals surface area contributed by atoms with Crippen molar-refractivity contribution in [2.75, 3.05) is 37.0 Å². The van der Waals surface area contributed by atoms with Gasteiger partial charge in [-0.05, 0) is 24.6 Å². The fourth-order valence-corrected chi connectivity index (χ4v) is 4.05. The number of amides is 2. The van der Waals surface area contributed by atoms with Gasteiger partial charge in [0.15, 0.2) is 16.5 Å². The second kappa shape index (κ2) is 8.35. The minimum absolute atomic E-state index is 0.183. The number of nitrogens with zero attached hydrogens (tertiary/aromatic N) is 6. The summed E-state index contributed by atoms with van der Waals surface area (Å²) in [6.07, 6.45) is 4.56. The van der Waals surface area contributed by atoms with Crippen LogP contribution in [0, 0.1) is 0 Å². The Balaban J connectivity index is 1.49. The number of fused-ring (bicyclic) bond motifs is 1. The number of ether oxygens (including phenoxy) is 1. The molecule has 1 atom stereocenters. The molecule has 0 unspecified atom stereocenters. The fourth-order valence-electron chi connectivity index (χ4n) is 3.82. The van der Waals surface area contributed by atoms with E-state index in [9.17, 15) is 4.79 Å². The third-order valence-corrected chi connectivity index (χ3v) is 5.70. The molecule has 0 bridgehead atoms. The summed E-state index contributed by atoms with van der Waals surface area (Å²) in [5.74, 6) is 0.862. The first kappa shape index (κ1) is 20.2. The van der Waals surface area contributed by atoms with Crippen LogP contribution in [0.25, 0.3) is 11.0 Å². The van der Waals surface area contributed by atoms with Crippen molar-refractivity contribution in [1.29, 1.82) is 0 Å². The van der Waals surface area contributed by atoms with E-state index in [2.05, 4.69) is 32.2 Å². The van der Waals surface area contributed by atoms with Crippen LogP contribution in [0.5, 0.6) is 5.75 Å². The predicted octanol–water partition coefficient (Wildman–Crippen LogP) is 3.16.